The minimum atomic E-state index is -1.02. The molecular weight excluding hydrogens is 204 g/mol. The van der Waals surface area contributed by atoms with E-state index in [4.69, 9.17) is 0 Å². The van der Waals surface area contributed by atoms with Gasteiger partial charge in [-0.1, -0.05) is 37.3 Å². The lowest BCUT2D eigenvalue weighted by molar-refractivity contribution is 0.684. The van der Waals surface area contributed by atoms with Crippen LogP contribution in [0, 0.1) is 5.92 Å². The van der Waals surface area contributed by atoms with E-state index in [0.717, 1.165) is 16.2 Å². The van der Waals surface area contributed by atoms with Crippen LogP contribution in [0.15, 0.2) is 58.4 Å². The molecule has 15 heavy (non-hydrogen) atoms. The molecular formula is C13H14OS. The van der Waals surface area contributed by atoms with E-state index >= 15 is 0 Å². The second-order valence-corrected chi connectivity index (χ2v) is 5.25. The second kappa shape index (κ2) is 4.58. The zero-order valence-electron chi connectivity index (χ0n) is 8.72. The van der Waals surface area contributed by atoms with Crippen LogP contribution in [0.25, 0.3) is 0 Å². The van der Waals surface area contributed by atoms with E-state index in [1.807, 2.05) is 36.4 Å². The van der Waals surface area contributed by atoms with Gasteiger partial charge in [-0.05, 0) is 30.5 Å². The van der Waals surface area contributed by atoms with Crippen molar-refractivity contribution in [3.63, 3.8) is 0 Å². The summed E-state index contributed by atoms with van der Waals surface area (Å²) in [5.74, 6) is 0.498. The zero-order valence-corrected chi connectivity index (χ0v) is 9.54. The number of rotatable bonds is 2. The van der Waals surface area contributed by atoms with Gasteiger partial charge in [0.2, 0.25) is 0 Å². The van der Waals surface area contributed by atoms with Crippen molar-refractivity contribution in [3.05, 3.63) is 53.5 Å². The average Bonchev–Trinajstić information content (AvgIpc) is 2.29. The van der Waals surface area contributed by atoms with Crippen LogP contribution < -0.4 is 0 Å². The SMILES string of the molecule is CC1C=C(S(=O)c2ccccc2)C=CC1. The monoisotopic (exact) mass is 218 g/mol. The summed E-state index contributed by atoms with van der Waals surface area (Å²) in [7, 11) is -1.02. The third-order valence-corrected chi connectivity index (χ3v) is 3.81. The number of hydrogen-bond donors (Lipinski definition) is 0. The number of allylic oxidation sites excluding steroid dienone is 3. The lowest BCUT2D eigenvalue weighted by atomic mass is 10.0. The van der Waals surface area contributed by atoms with Gasteiger partial charge in [0.05, 0.1) is 10.8 Å². The van der Waals surface area contributed by atoms with Gasteiger partial charge in [-0.3, -0.25) is 0 Å². The highest BCUT2D eigenvalue weighted by molar-refractivity contribution is 7.89. The summed E-state index contributed by atoms with van der Waals surface area (Å²) in [5.41, 5.74) is 0. The Bertz CT molecular complexity index is 417. The average molecular weight is 218 g/mol. The minimum absolute atomic E-state index is 0.498. The van der Waals surface area contributed by atoms with Gasteiger partial charge in [0.25, 0.3) is 0 Å². The molecule has 1 aromatic carbocycles. The van der Waals surface area contributed by atoms with Crippen molar-refractivity contribution in [2.75, 3.05) is 0 Å². The Kier molecular flexibility index (Phi) is 3.17. The second-order valence-electron chi connectivity index (χ2n) is 3.77. The molecule has 0 aliphatic heterocycles. The smallest absolute Gasteiger partial charge is 0.0846 e. The predicted molar refractivity (Wildman–Crippen MR) is 63.9 cm³/mol. The van der Waals surface area contributed by atoms with E-state index in [9.17, 15) is 4.21 Å². The van der Waals surface area contributed by atoms with E-state index in [-0.39, 0.29) is 0 Å². The third kappa shape index (κ3) is 2.45. The van der Waals surface area contributed by atoms with Crippen molar-refractivity contribution in [1.82, 2.24) is 0 Å². The summed E-state index contributed by atoms with van der Waals surface area (Å²) >= 11 is 0. The molecule has 1 nitrogen and oxygen atoms in total. The molecule has 0 fully saturated rings. The summed E-state index contributed by atoms with van der Waals surface area (Å²) in [6, 6.07) is 9.59. The van der Waals surface area contributed by atoms with Gasteiger partial charge in [-0.25, -0.2) is 4.21 Å². The molecule has 1 aromatic rings. The van der Waals surface area contributed by atoms with Crippen molar-refractivity contribution in [3.8, 4) is 0 Å². The van der Waals surface area contributed by atoms with Crippen LogP contribution in [-0.4, -0.2) is 4.21 Å². The Labute approximate surface area is 93.0 Å². The molecule has 1 aliphatic carbocycles. The van der Waals surface area contributed by atoms with Crippen LogP contribution in [0.5, 0.6) is 0 Å². The summed E-state index contributed by atoms with van der Waals surface area (Å²) < 4.78 is 12.1. The summed E-state index contributed by atoms with van der Waals surface area (Å²) in [6.07, 6.45) is 7.22. The Morgan fingerprint density at radius 1 is 1.27 bits per heavy atom. The highest BCUT2D eigenvalue weighted by Crippen LogP contribution is 2.22. The number of benzene rings is 1. The van der Waals surface area contributed by atoms with Gasteiger partial charge >= 0.3 is 0 Å². The molecule has 2 unspecified atom stereocenters. The molecule has 0 saturated heterocycles. The molecule has 0 N–H and O–H groups in total. The van der Waals surface area contributed by atoms with Crippen molar-refractivity contribution < 1.29 is 4.21 Å². The van der Waals surface area contributed by atoms with Gasteiger partial charge in [-0.2, -0.15) is 0 Å². The molecule has 0 heterocycles. The summed E-state index contributed by atoms with van der Waals surface area (Å²) in [6.45, 7) is 2.14. The Hall–Kier alpha value is -1.15. The maximum Gasteiger partial charge on any atom is 0.0846 e. The fraction of sp³-hybridized carbons (Fsp3) is 0.231. The van der Waals surface area contributed by atoms with E-state index < -0.39 is 10.8 Å². The zero-order chi connectivity index (χ0) is 10.7. The van der Waals surface area contributed by atoms with Crippen molar-refractivity contribution >= 4 is 10.8 Å². The first-order valence-electron chi connectivity index (χ1n) is 5.12. The van der Waals surface area contributed by atoms with E-state index in [1.54, 1.807) is 0 Å². The lowest BCUT2D eigenvalue weighted by Crippen LogP contribution is -2.01. The molecule has 2 rings (SSSR count). The molecule has 1 aliphatic rings. The first-order valence-corrected chi connectivity index (χ1v) is 6.27. The molecule has 78 valence electrons. The Balaban J connectivity index is 2.26. The van der Waals surface area contributed by atoms with Gasteiger partial charge in [-0.15, -0.1) is 0 Å². The predicted octanol–water partition coefficient (Wildman–Crippen LogP) is 3.27. The van der Waals surface area contributed by atoms with Crippen LogP contribution in [0.2, 0.25) is 0 Å². The normalized spacial score (nSPS) is 22.2. The fourth-order valence-corrected chi connectivity index (χ4v) is 2.86. The standard InChI is InChI=1S/C13H14OS/c1-11-6-5-9-13(10-11)15(14)12-7-3-2-4-8-12/h2-5,7-11H,6H2,1H3. The van der Waals surface area contributed by atoms with Gasteiger partial charge in [0.1, 0.15) is 0 Å². The maximum absolute atomic E-state index is 12.1. The van der Waals surface area contributed by atoms with E-state index in [0.29, 0.717) is 5.92 Å². The molecule has 0 aromatic heterocycles. The van der Waals surface area contributed by atoms with Crippen LogP contribution in [0.3, 0.4) is 0 Å². The molecule has 0 bridgehead atoms. The molecule has 2 atom stereocenters. The number of hydrogen-bond acceptors (Lipinski definition) is 1. The summed E-state index contributed by atoms with van der Waals surface area (Å²) in [4.78, 5) is 1.81. The quantitative estimate of drug-likeness (QED) is 0.744. The molecule has 0 radical (unpaired) electrons. The molecule has 0 saturated carbocycles. The van der Waals surface area contributed by atoms with Crippen LogP contribution >= 0.6 is 0 Å². The van der Waals surface area contributed by atoms with Crippen molar-refractivity contribution in [2.24, 2.45) is 5.92 Å². The van der Waals surface area contributed by atoms with Crippen LogP contribution in [0.4, 0.5) is 0 Å². The van der Waals surface area contributed by atoms with Crippen LogP contribution in [0.1, 0.15) is 13.3 Å². The first-order chi connectivity index (χ1) is 7.27. The Morgan fingerprint density at radius 2 is 2.00 bits per heavy atom. The van der Waals surface area contributed by atoms with Crippen molar-refractivity contribution in [1.29, 1.82) is 0 Å². The minimum Gasteiger partial charge on any atom is -0.249 e. The van der Waals surface area contributed by atoms with Crippen LogP contribution in [-0.2, 0) is 10.8 Å². The molecule has 2 heteroatoms. The maximum atomic E-state index is 12.1. The van der Waals surface area contributed by atoms with Gasteiger partial charge in [0.15, 0.2) is 0 Å². The fourth-order valence-electron chi connectivity index (χ4n) is 1.61. The van der Waals surface area contributed by atoms with E-state index in [2.05, 4.69) is 19.1 Å². The van der Waals surface area contributed by atoms with Gasteiger partial charge in [0, 0.05) is 9.80 Å². The van der Waals surface area contributed by atoms with Gasteiger partial charge < -0.3 is 0 Å². The highest BCUT2D eigenvalue weighted by atomic mass is 32.2. The third-order valence-electron chi connectivity index (χ3n) is 2.41. The van der Waals surface area contributed by atoms with Crippen molar-refractivity contribution in [2.45, 2.75) is 18.2 Å². The molecule has 0 spiro atoms. The van der Waals surface area contributed by atoms with E-state index in [1.165, 1.54) is 0 Å². The lowest BCUT2D eigenvalue weighted by Gasteiger charge is -2.11. The first kappa shape index (κ1) is 10.4. The topological polar surface area (TPSA) is 17.1 Å². The highest BCUT2D eigenvalue weighted by Gasteiger charge is 2.11. The Morgan fingerprint density at radius 3 is 2.67 bits per heavy atom. The molecule has 0 amide bonds. The summed E-state index contributed by atoms with van der Waals surface area (Å²) in [5, 5.41) is 0. The largest absolute Gasteiger partial charge is 0.249 e.